The lowest BCUT2D eigenvalue weighted by molar-refractivity contribution is -0.0422. The fraction of sp³-hybridized carbons (Fsp3) is 0.611. The van der Waals surface area contributed by atoms with Crippen LogP contribution in [-0.2, 0) is 6.54 Å². The molecule has 0 spiro atoms. The lowest BCUT2D eigenvalue weighted by Crippen LogP contribution is -2.57. The average molecular weight is 328 g/mol. The van der Waals surface area contributed by atoms with Gasteiger partial charge in [-0.2, -0.15) is 5.10 Å². The molecule has 6 heteroatoms. The minimum Gasteiger partial charge on any atom is -0.465 e. The van der Waals surface area contributed by atoms with Gasteiger partial charge in [0, 0.05) is 36.9 Å². The van der Waals surface area contributed by atoms with Gasteiger partial charge in [-0.3, -0.25) is 9.67 Å². The number of pyridine rings is 1. The molecule has 2 aromatic heterocycles. The molecule has 3 fully saturated rings. The maximum atomic E-state index is 11.4. The van der Waals surface area contributed by atoms with Crippen LogP contribution in [0.15, 0.2) is 18.5 Å². The Labute approximate surface area is 141 Å². The van der Waals surface area contributed by atoms with Crippen molar-refractivity contribution in [2.45, 2.75) is 57.5 Å². The molecular weight excluding hydrogens is 304 g/mol. The van der Waals surface area contributed by atoms with Gasteiger partial charge in [0.25, 0.3) is 0 Å². The summed E-state index contributed by atoms with van der Waals surface area (Å²) in [6, 6.07) is 2.04. The van der Waals surface area contributed by atoms with E-state index in [1.165, 1.54) is 0 Å². The van der Waals surface area contributed by atoms with Gasteiger partial charge >= 0.3 is 6.09 Å². The van der Waals surface area contributed by atoms with Crippen LogP contribution in [0.25, 0.3) is 10.9 Å². The summed E-state index contributed by atoms with van der Waals surface area (Å²) in [7, 11) is 1.73. The van der Waals surface area contributed by atoms with Crippen molar-refractivity contribution in [3.63, 3.8) is 0 Å². The molecule has 1 amide bonds. The third-order valence-electron chi connectivity index (χ3n) is 6.58. The zero-order valence-electron chi connectivity index (χ0n) is 14.3. The number of fused-ring (bicyclic) bond motifs is 4. The van der Waals surface area contributed by atoms with Crippen LogP contribution in [0.2, 0.25) is 0 Å². The Kier molecular flexibility index (Phi) is 3.34. The first-order valence-corrected chi connectivity index (χ1v) is 8.69. The summed E-state index contributed by atoms with van der Waals surface area (Å²) >= 11 is 0. The van der Waals surface area contributed by atoms with Crippen molar-refractivity contribution in [1.29, 1.82) is 0 Å². The molecule has 24 heavy (non-hydrogen) atoms. The predicted molar refractivity (Wildman–Crippen MR) is 90.9 cm³/mol. The average Bonchev–Trinajstić information content (AvgIpc) is 2.91. The molecular formula is C18H24N4O2. The monoisotopic (exact) mass is 328 g/mol. The van der Waals surface area contributed by atoms with Gasteiger partial charge in [-0.15, -0.1) is 0 Å². The highest BCUT2D eigenvalue weighted by Gasteiger charge is 2.51. The number of aryl methyl sites for hydroxylation is 1. The zero-order chi connectivity index (χ0) is 16.9. The summed E-state index contributed by atoms with van der Waals surface area (Å²) in [6.45, 7) is 2.96. The van der Waals surface area contributed by atoms with Gasteiger partial charge in [0.05, 0.1) is 11.2 Å². The number of nitrogens with zero attached hydrogens (tertiary/aromatic N) is 4. The lowest BCUT2D eigenvalue weighted by atomic mass is 9.57. The number of aromatic nitrogens is 3. The van der Waals surface area contributed by atoms with Crippen molar-refractivity contribution in [3.05, 3.63) is 24.2 Å². The molecule has 2 aromatic rings. The number of carboxylic acid groups (broad SMARTS) is 1. The summed E-state index contributed by atoms with van der Waals surface area (Å²) < 4.78 is 2.14. The Balaban J connectivity index is 1.58. The first kappa shape index (κ1) is 15.4. The minimum absolute atomic E-state index is 0.139. The van der Waals surface area contributed by atoms with Gasteiger partial charge in [0.15, 0.2) is 0 Å². The molecule has 0 saturated heterocycles. The minimum atomic E-state index is -0.800. The fourth-order valence-electron chi connectivity index (χ4n) is 4.80. The maximum absolute atomic E-state index is 11.4. The van der Waals surface area contributed by atoms with Crippen LogP contribution < -0.4 is 0 Å². The Morgan fingerprint density at radius 1 is 1.29 bits per heavy atom. The Hall–Kier alpha value is -2.11. The molecule has 3 aliphatic carbocycles. The molecule has 0 aromatic carbocycles. The highest BCUT2D eigenvalue weighted by atomic mass is 16.4. The number of carbonyl (C=O) groups is 1. The van der Waals surface area contributed by atoms with Crippen LogP contribution in [0.4, 0.5) is 4.79 Å². The van der Waals surface area contributed by atoms with E-state index in [2.05, 4.69) is 9.67 Å². The van der Waals surface area contributed by atoms with E-state index in [1.54, 1.807) is 11.9 Å². The van der Waals surface area contributed by atoms with E-state index in [1.807, 2.05) is 25.4 Å². The van der Waals surface area contributed by atoms with Crippen LogP contribution in [-0.4, -0.2) is 43.5 Å². The van der Waals surface area contributed by atoms with Crippen LogP contribution in [0.3, 0.4) is 0 Å². The van der Waals surface area contributed by atoms with Crippen LogP contribution in [0.1, 0.15) is 44.2 Å². The second kappa shape index (κ2) is 5.19. The van der Waals surface area contributed by atoms with Crippen molar-refractivity contribution in [3.8, 4) is 0 Å². The van der Waals surface area contributed by atoms with E-state index >= 15 is 0 Å². The number of hydrogen-bond acceptors (Lipinski definition) is 3. The van der Waals surface area contributed by atoms with Gasteiger partial charge in [0.2, 0.25) is 0 Å². The number of amides is 1. The lowest BCUT2D eigenvalue weighted by Gasteiger charge is -2.56. The molecule has 2 heterocycles. The second-order valence-corrected chi connectivity index (χ2v) is 7.70. The van der Waals surface area contributed by atoms with Crippen LogP contribution >= 0.6 is 0 Å². The molecule has 0 aliphatic heterocycles. The third-order valence-corrected chi connectivity index (χ3v) is 6.58. The van der Waals surface area contributed by atoms with Crippen molar-refractivity contribution >= 4 is 17.0 Å². The molecule has 0 radical (unpaired) electrons. The highest BCUT2D eigenvalue weighted by Crippen LogP contribution is 2.55. The van der Waals surface area contributed by atoms with Gasteiger partial charge < -0.3 is 10.0 Å². The molecule has 1 N–H and O–H groups in total. The van der Waals surface area contributed by atoms with Gasteiger partial charge in [-0.25, -0.2) is 4.79 Å². The first-order valence-electron chi connectivity index (χ1n) is 8.69. The van der Waals surface area contributed by atoms with Crippen LogP contribution in [0, 0.1) is 12.3 Å². The normalized spacial score (nSPS) is 29.1. The Morgan fingerprint density at radius 3 is 2.58 bits per heavy atom. The molecule has 2 bridgehead atoms. The third kappa shape index (κ3) is 2.19. The van der Waals surface area contributed by atoms with E-state index in [0.29, 0.717) is 0 Å². The highest BCUT2D eigenvalue weighted by molar-refractivity contribution is 5.80. The quantitative estimate of drug-likeness (QED) is 0.937. The van der Waals surface area contributed by atoms with E-state index < -0.39 is 6.09 Å². The number of rotatable bonds is 3. The van der Waals surface area contributed by atoms with Gasteiger partial charge in [-0.05, 0) is 56.9 Å². The molecule has 0 unspecified atom stereocenters. The van der Waals surface area contributed by atoms with E-state index in [0.717, 1.165) is 61.7 Å². The summed E-state index contributed by atoms with van der Waals surface area (Å²) in [5.74, 6) is 0. The Bertz CT molecular complexity index is 773. The standard InChI is InChI=1S/C18H24N4O2/c1-13-14-11-19-10-3-15(14)22(20-13)12-17-4-7-18(8-5-17,9-6-17)21(2)16(23)24/h3,10-11H,4-9,12H2,1-2H3,(H,23,24). The zero-order valence-corrected chi connectivity index (χ0v) is 14.3. The smallest absolute Gasteiger partial charge is 0.407 e. The van der Waals surface area contributed by atoms with Crippen molar-refractivity contribution in [2.24, 2.45) is 5.41 Å². The van der Waals surface area contributed by atoms with E-state index in [-0.39, 0.29) is 11.0 Å². The fourth-order valence-corrected chi connectivity index (χ4v) is 4.80. The largest absolute Gasteiger partial charge is 0.465 e. The van der Waals surface area contributed by atoms with Gasteiger partial charge in [-0.1, -0.05) is 0 Å². The molecule has 128 valence electrons. The SMILES string of the molecule is Cc1nn(CC23CCC(N(C)C(=O)O)(CC2)CC3)c2ccncc12. The summed E-state index contributed by atoms with van der Waals surface area (Å²) in [5.41, 5.74) is 2.30. The molecule has 5 rings (SSSR count). The second-order valence-electron chi connectivity index (χ2n) is 7.70. The molecule has 6 nitrogen and oxygen atoms in total. The predicted octanol–water partition coefficient (Wildman–Crippen LogP) is 3.44. The summed E-state index contributed by atoms with van der Waals surface area (Å²) in [6.07, 6.45) is 9.06. The van der Waals surface area contributed by atoms with Crippen molar-refractivity contribution < 1.29 is 9.90 Å². The van der Waals surface area contributed by atoms with Crippen molar-refractivity contribution in [2.75, 3.05) is 7.05 Å². The maximum Gasteiger partial charge on any atom is 0.407 e. The molecule has 3 saturated carbocycles. The summed E-state index contributed by atoms with van der Waals surface area (Å²) in [5, 5.41) is 15.2. The van der Waals surface area contributed by atoms with Crippen LogP contribution in [0.5, 0.6) is 0 Å². The van der Waals surface area contributed by atoms with E-state index in [9.17, 15) is 9.90 Å². The number of hydrogen-bond donors (Lipinski definition) is 1. The topological polar surface area (TPSA) is 71.2 Å². The molecule has 0 atom stereocenters. The van der Waals surface area contributed by atoms with E-state index in [4.69, 9.17) is 5.10 Å². The first-order chi connectivity index (χ1) is 11.4. The summed E-state index contributed by atoms with van der Waals surface area (Å²) in [4.78, 5) is 17.2. The van der Waals surface area contributed by atoms with Gasteiger partial charge in [0.1, 0.15) is 0 Å². The van der Waals surface area contributed by atoms with Crippen molar-refractivity contribution in [1.82, 2.24) is 19.7 Å². The molecule has 3 aliphatic rings. The Morgan fingerprint density at radius 2 is 1.96 bits per heavy atom.